The lowest BCUT2D eigenvalue weighted by Crippen LogP contribution is -2.42. The number of carbonyl (C=O) groups is 1. The molecule has 4 nitrogen and oxygen atoms in total. The van der Waals surface area contributed by atoms with Gasteiger partial charge in [0.1, 0.15) is 6.61 Å². The zero-order valence-corrected chi connectivity index (χ0v) is 11.7. The molecule has 1 rings (SSSR count). The predicted molar refractivity (Wildman–Crippen MR) is 71.6 cm³/mol. The normalized spacial score (nSPS) is 16.7. The number of likely N-dealkylation sites (tertiary alicyclic amines) is 1. The summed E-state index contributed by atoms with van der Waals surface area (Å²) in [5, 5.41) is 3.20. The standard InChI is InChI=1S/C12H24N2O2.ClH/c1-3-8-16-10-12(15)14-6-4-11(5-7-14)9-13-2;/h11,13H,3-10H2,1-2H3;1H. The third-order valence-electron chi connectivity index (χ3n) is 3.03. The van der Waals surface area contributed by atoms with Crippen LogP contribution in [0.4, 0.5) is 0 Å². The van der Waals surface area contributed by atoms with Crippen LogP contribution in [0.15, 0.2) is 0 Å². The summed E-state index contributed by atoms with van der Waals surface area (Å²) in [6, 6.07) is 0. The molecule has 0 aromatic rings. The highest BCUT2D eigenvalue weighted by Crippen LogP contribution is 2.16. The monoisotopic (exact) mass is 264 g/mol. The number of nitrogens with zero attached hydrogens (tertiary/aromatic N) is 1. The summed E-state index contributed by atoms with van der Waals surface area (Å²) < 4.78 is 5.27. The van der Waals surface area contributed by atoms with Crippen molar-refractivity contribution in [3.8, 4) is 0 Å². The number of hydrogen-bond donors (Lipinski definition) is 1. The van der Waals surface area contributed by atoms with Crippen molar-refractivity contribution in [2.24, 2.45) is 5.92 Å². The van der Waals surface area contributed by atoms with Gasteiger partial charge in [-0.05, 0) is 38.8 Å². The Balaban J connectivity index is 0.00000256. The van der Waals surface area contributed by atoms with E-state index in [1.54, 1.807) is 0 Å². The first-order valence-corrected chi connectivity index (χ1v) is 6.28. The molecule has 1 N–H and O–H groups in total. The lowest BCUT2D eigenvalue weighted by molar-refractivity contribution is -0.137. The summed E-state index contributed by atoms with van der Waals surface area (Å²) in [7, 11) is 1.98. The van der Waals surface area contributed by atoms with E-state index in [2.05, 4.69) is 5.32 Å². The number of halogens is 1. The molecule has 1 amide bonds. The van der Waals surface area contributed by atoms with Crippen molar-refractivity contribution in [1.82, 2.24) is 10.2 Å². The minimum Gasteiger partial charge on any atom is -0.372 e. The van der Waals surface area contributed by atoms with Gasteiger partial charge in [-0.3, -0.25) is 4.79 Å². The first-order valence-electron chi connectivity index (χ1n) is 6.28. The number of carbonyl (C=O) groups excluding carboxylic acids is 1. The highest BCUT2D eigenvalue weighted by Gasteiger charge is 2.21. The van der Waals surface area contributed by atoms with Crippen LogP contribution in [0.3, 0.4) is 0 Å². The van der Waals surface area contributed by atoms with Crippen molar-refractivity contribution in [3.63, 3.8) is 0 Å². The lowest BCUT2D eigenvalue weighted by Gasteiger charge is -2.31. The van der Waals surface area contributed by atoms with Gasteiger partial charge in [-0.25, -0.2) is 0 Å². The summed E-state index contributed by atoms with van der Waals surface area (Å²) in [4.78, 5) is 13.7. The van der Waals surface area contributed by atoms with Gasteiger partial charge < -0.3 is 15.0 Å². The molecule has 5 heteroatoms. The third-order valence-corrected chi connectivity index (χ3v) is 3.03. The molecule has 0 atom stereocenters. The number of nitrogens with one attached hydrogen (secondary N) is 1. The van der Waals surface area contributed by atoms with Crippen molar-refractivity contribution in [1.29, 1.82) is 0 Å². The highest BCUT2D eigenvalue weighted by molar-refractivity contribution is 5.85. The smallest absolute Gasteiger partial charge is 0.248 e. The molecule has 0 aromatic heterocycles. The molecule has 0 saturated carbocycles. The maximum absolute atomic E-state index is 11.7. The van der Waals surface area contributed by atoms with Gasteiger partial charge in [-0.1, -0.05) is 6.92 Å². The van der Waals surface area contributed by atoms with Crippen molar-refractivity contribution in [2.45, 2.75) is 26.2 Å². The maximum Gasteiger partial charge on any atom is 0.248 e. The largest absolute Gasteiger partial charge is 0.372 e. The van der Waals surface area contributed by atoms with Crippen molar-refractivity contribution in [3.05, 3.63) is 0 Å². The van der Waals surface area contributed by atoms with Crippen LogP contribution in [-0.4, -0.2) is 50.7 Å². The highest BCUT2D eigenvalue weighted by atomic mass is 35.5. The number of ether oxygens (including phenoxy) is 1. The van der Waals surface area contributed by atoms with E-state index in [1.165, 1.54) is 0 Å². The Labute approximate surface area is 110 Å². The molecule has 102 valence electrons. The van der Waals surface area contributed by atoms with E-state index in [-0.39, 0.29) is 24.9 Å². The second-order valence-electron chi connectivity index (χ2n) is 4.43. The van der Waals surface area contributed by atoms with E-state index < -0.39 is 0 Å². The van der Waals surface area contributed by atoms with Crippen LogP contribution in [0.2, 0.25) is 0 Å². The van der Waals surface area contributed by atoms with Crippen LogP contribution in [-0.2, 0) is 9.53 Å². The van der Waals surface area contributed by atoms with Gasteiger partial charge in [0.2, 0.25) is 5.91 Å². The van der Waals surface area contributed by atoms with Gasteiger partial charge in [0.15, 0.2) is 0 Å². The average Bonchev–Trinajstić information content (AvgIpc) is 2.30. The molecule has 0 aliphatic carbocycles. The average molecular weight is 265 g/mol. The van der Waals surface area contributed by atoms with Crippen LogP contribution in [0, 0.1) is 5.92 Å². The van der Waals surface area contributed by atoms with Gasteiger partial charge in [0.05, 0.1) is 0 Å². The van der Waals surface area contributed by atoms with Crippen LogP contribution in [0.1, 0.15) is 26.2 Å². The van der Waals surface area contributed by atoms with Crippen molar-refractivity contribution < 1.29 is 9.53 Å². The van der Waals surface area contributed by atoms with Crippen LogP contribution < -0.4 is 5.32 Å². The molecule has 1 aliphatic rings. The fourth-order valence-corrected chi connectivity index (χ4v) is 2.07. The lowest BCUT2D eigenvalue weighted by atomic mass is 9.97. The second-order valence-corrected chi connectivity index (χ2v) is 4.43. The number of rotatable bonds is 6. The van der Waals surface area contributed by atoms with Gasteiger partial charge in [0.25, 0.3) is 0 Å². The van der Waals surface area contributed by atoms with E-state index in [0.717, 1.165) is 44.8 Å². The van der Waals surface area contributed by atoms with E-state index in [9.17, 15) is 4.79 Å². The first kappa shape index (κ1) is 16.7. The maximum atomic E-state index is 11.7. The van der Waals surface area contributed by atoms with Gasteiger partial charge >= 0.3 is 0 Å². The summed E-state index contributed by atoms with van der Waals surface area (Å²) >= 11 is 0. The molecular formula is C12H25ClN2O2. The molecule has 0 spiro atoms. The fourth-order valence-electron chi connectivity index (χ4n) is 2.07. The SMILES string of the molecule is CCCOCC(=O)N1CCC(CNC)CC1.Cl. The molecule has 0 radical (unpaired) electrons. The Morgan fingerprint density at radius 1 is 1.41 bits per heavy atom. The van der Waals surface area contributed by atoms with E-state index in [4.69, 9.17) is 4.74 Å². The Bertz CT molecular complexity index is 207. The molecule has 0 unspecified atom stereocenters. The minimum absolute atomic E-state index is 0. The van der Waals surface area contributed by atoms with Crippen LogP contribution >= 0.6 is 12.4 Å². The molecule has 1 aliphatic heterocycles. The summed E-state index contributed by atoms with van der Waals surface area (Å²) in [5.41, 5.74) is 0. The molecule has 1 heterocycles. The topological polar surface area (TPSA) is 41.6 Å². The number of amides is 1. The summed E-state index contributed by atoms with van der Waals surface area (Å²) in [6.45, 7) is 5.83. The Kier molecular flexibility index (Phi) is 9.50. The first-order chi connectivity index (χ1) is 7.77. The quantitative estimate of drug-likeness (QED) is 0.735. The van der Waals surface area contributed by atoms with Gasteiger partial charge in [-0.2, -0.15) is 0 Å². The zero-order chi connectivity index (χ0) is 11.8. The van der Waals surface area contributed by atoms with E-state index in [1.807, 2.05) is 18.9 Å². The molecule has 0 bridgehead atoms. The minimum atomic E-state index is 0. The Hall–Kier alpha value is -0.320. The summed E-state index contributed by atoms with van der Waals surface area (Å²) in [6.07, 6.45) is 3.19. The Morgan fingerprint density at radius 3 is 2.59 bits per heavy atom. The molecule has 1 saturated heterocycles. The number of piperidine rings is 1. The van der Waals surface area contributed by atoms with E-state index >= 15 is 0 Å². The van der Waals surface area contributed by atoms with Gasteiger partial charge in [-0.15, -0.1) is 12.4 Å². The van der Waals surface area contributed by atoms with Crippen molar-refractivity contribution >= 4 is 18.3 Å². The van der Waals surface area contributed by atoms with Crippen molar-refractivity contribution in [2.75, 3.05) is 39.9 Å². The third kappa shape index (κ3) is 6.24. The Morgan fingerprint density at radius 2 is 2.06 bits per heavy atom. The van der Waals surface area contributed by atoms with E-state index in [0.29, 0.717) is 6.61 Å². The van der Waals surface area contributed by atoms with Crippen LogP contribution in [0.25, 0.3) is 0 Å². The molecule has 1 fully saturated rings. The second kappa shape index (κ2) is 9.68. The predicted octanol–water partition coefficient (Wildman–Crippen LogP) is 1.29. The molecule has 17 heavy (non-hydrogen) atoms. The fraction of sp³-hybridized carbons (Fsp3) is 0.917. The zero-order valence-electron chi connectivity index (χ0n) is 10.9. The van der Waals surface area contributed by atoms with Gasteiger partial charge in [0, 0.05) is 19.7 Å². The van der Waals surface area contributed by atoms with Crippen LogP contribution in [0.5, 0.6) is 0 Å². The molecular weight excluding hydrogens is 240 g/mol. The molecule has 0 aromatic carbocycles. The number of hydrogen-bond acceptors (Lipinski definition) is 3. The summed E-state index contributed by atoms with van der Waals surface area (Å²) in [5.74, 6) is 0.877.